The molecule has 0 fully saturated rings. The van der Waals surface area contributed by atoms with Crippen LogP contribution in [0.4, 0.5) is 14.5 Å². The van der Waals surface area contributed by atoms with Gasteiger partial charge in [0.2, 0.25) is 0 Å². The largest absolute Gasteiger partial charge is 0.479 e. The Morgan fingerprint density at radius 3 is 2.38 bits per heavy atom. The smallest absolute Gasteiger partial charge is 0.333 e. The molecule has 2 aromatic carbocycles. The first kappa shape index (κ1) is 15.3. The summed E-state index contributed by atoms with van der Waals surface area (Å²) >= 11 is 5.75. The van der Waals surface area contributed by atoms with E-state index in [4.69, 9.17) is 11.6 Å². The number of carboxylic acid groups (broad SMARTS) is 1. The molecule has 0 radical (unpaired) electrons. The molecule has 2 N–H and O–H groups in total. The molecule has 0 saturated carbocycles. The second kappa shape index (κ2) is 5.69. The number of hydrogen-bond donors (Lipinski definition) is 2. The summed E-state index contributed by atoms with van der Waals surface area (Å²) in [6.07, 6.45) is 0. The van der Waals surface area contributed by atoms with Crippen LogP contribution in [0.15, 0.2) is 42.5 Å². The number of carbonyl (C=O) groups is 1. The Morgan fingerprint density at radius 2 is 1.81 bits per heavy atom. The van der Waals surface area contributed by atoms with E-state index in [0.29, 0.717) is 10.7 Å². The van der Waals surface area contributed by atoms with Gasteiger partial charge in [-0.1, -0.05) is 23.7 Å². The first-order chi connectivity index (χ1) is 9.84. The number of hydrogen-bond acceptors (Lipinski definition) is 2. The summed E-state index contributed by atoms with van der Waals surface area (Å²) in [4.78, 5) is 11.6. The van der Waals surface area contributed by atoms with Gasteiger partial charge in [0.25, 0.3) is 0 Å². The number of benzene rings is 2. The summed E-state index contributed by atoms with van der Waals surface area (Å²) in [6, 6.07) is 9.67. The van der Waals surface area contributed by atoms with Crippen LogP contribution in [0.2, 0.25) is 5.02 Å². The molecular weight excluding hydrogens is 300 g/mol. The van der Waals surface area contributed by atoms with Gasteiger partial charge < -0.3 is 10.4 Å². The van der Waals surface area contributed by atoms with E-state index < -0.39 is 23.1 Å². The van der Waals surface area contributed by atoms with Gasteiger partial charge in [-0.15, -0.1) is 0 Å². The Morgan fingerprint density at radius 1 is 1.19 bits per heavy atom. The normalized spacial score (nSPS) is 13.5. The van der Waals surface area contributed by atoms with Crippen molar-refractivity contribution < 1.29 is 18.7 Å². The Hall–Kier alpha value is -2.14. The lowest BCUT2D eigenvalue weighted by molar-refractivity contribution is -0.142. The second-order valence-corrected chi connectivity index (χ2v) is 5.10. The summed E-state index contributed by atoms with van der Waals surface area (Å²) in [5.74, 6) is -3.62. The van der Waals surface area contributed by atoms with Gasteiger partial charge in [0, 0.05) is 16.3 Å². The highest BCUT2D eigenvalue weighted by atomic mass is 35.5. The molecule has 0 heterocycles. The maximum atomic E-state index is 13.9. The molecule has 0 saturated heterocycles. The van der Waals surface area contributed by atoms with Crippen molar-refractivity contribution in [2.75, 3.05) is 5.32 Å². The van der Waals surface area contributed by atoms with Crippen molar-refractivity contribution in [2.45, 2.75) is 12.5 Å². The van der Waals surface area contributed by atoms with Crippen molar-refractivity contribution in [2.24, 2.45) is 0 Å². The van der Waals surface area contributed by atoms with Gasteiger partial charge in [-0.2, -0.15) is 0 Å². The fourth-order valence-electron chi connectivity index (χ4n) is 1.95. The Balaban J connectivity index is 2.48. The molecule has 0 aliphatic heterocycles. The summed E-state index contributed by atoms with van der Waals surface area (Å²) in [6.45, 7) is 1.27. The van der Waals surface area contributed by atoms with Crippen LogP contribution < -0.4 is 5.32 Å². The van der Waals surface area contributed by atoms with E-state index in [2.05, 4.69) is 5.32 Å². The third kappa shape index (κ3) is 2.97. The lowest BCUT2D eigenvalue weighted by Crippen LogP contribution is -2.41. The van der Waals surface area contributed by atoms with E-state index in [-0.39, 0.29) is 5.56 Å². The van der Waals surface area contributed by atoms with Crippen LogP contribution in [0, 0.1) is 11.6 Å². The molecular formula is C15H12ClF2NO2. The second-order valence-electron chi connectivity index (χ2n) is 4.66. The minimum Gasteiger partial charge on any atom is -0.479 e. The highest BCUT2D eigenvalue weighted by Crippen LogP contribution is 2.30. The Labute approximate surface area is 125 Å². The zero-order valence-electron chi connectivity index (χ0n) is 11.0. The Kier molecular flexibility index (Phi) is 4.14. The van der Waals surface area contributed by atoms with Gasteiger partial charge in [-0.25, -0.2) is 13.6 Å². The number of aliphatic carboxylic acids is 1. The van der Waals surface area contributed by atoms with Gasteiger partial charge >= 0.3 is 5.97 Å². The summed E-state index contributed by atoms with van der Waals surface area (Å²) in [5, 5.41) is 12.6. The molecule has 0 aliphatic rings. The van der Waals surface area contributed by atoms with Crippen LogP contribution in [0.5, 0.6) is 0 Å². The predicted molar refractivity (Wildman–Crippen MR) is 76.4 cm³/mol. The van der Waals surface area contributed by atoms with Crippen LogP contribution in [0.3, 0.4) is 0 Å². The van der Waals surface area contributed by atoms with E-state index in [1.165, 1.54) is 19.1 Å². The van der Waals surface area contributed by atoms with Gasteiger partial charge in [0.05, 0.1) is 0 Å². The van der Waals surface area contributed by atoms with Crippen molar-refractivity contribution in [3.05, 3.63) is 64.7 Å². The molecule has 0 aliphatic carbocycles. The quantitative estimate of drug-likeness (QED) is 0.896. The van der Waals surface area contributed by atoms with Crippen LogP contribution in [0.1, 0.15) is 12.5 Å². The molecule has 0 aromatic heterocycles. The third-order valence-corrected chi connectivity index (χ3v) is 3.41. The molecule has 1 atom stereocenters. The van der Waals surface area contributed by atoms with Gasteiger partial charge in [0.1, 0.15) is 0 Å². The summed E-state index contributed by atoms with van der Waals surface area (Å²) in [7, 11) is 0. The summed E-state index contributed by atoms with van der Waals surface area (Å²) in [5.41, 5.74) is -1.68. The average Bonchev–Trinajstić information content (AvgIpc) is 2.44. The topological polar surface area (TPSA) is 49.3 Å². The van der Waals surface area contributed by atoms with Crippen molar-refractivity contribution in [3.63, 3.8) is 0 Å². The highest BCUT2D eigenvalue weighted by Gasteiger charge is 2.38. The number of carboxylic acids is 1. The van der Waals surface area contributed by atoms with Crippen LogP contribution in [0.25, 0.3) is 0 Å². The molecule has 3 nitrogen and oxygen atoms in total. The zero-order valence-corrected chi connectivity index (χ0v) is 11.8. The third-order valence-electron chi connectivity index (χ3n) is 3.16. The number of halogens is 3. The molecule has 0 amide bonds. The van der Waals surface area contributed by atoms with E-state index in [1.54, 1.807) is 24.3 Å². The van der Waals surface area contributed by atoms with Crippen molar-refractivity contribution in [1.29, 1.82) is 0 Å². The molecule has 6 heteroatoms. The predicted octanol–water partition coefficient (Wildman–Crippen LogP) is 4.03. The van der Waals surface area contributed by atoms with E-state index in [9.17, 15) is 18.7 Å². The maximum absolute atomic E-state index is 13.9. The Bertz CT molecular complexity index is 676. The summed E-state index contributed by atoms with van der Waals surface area (Å²) < 4.78 is 27.3. The molecule has 110 valence electrons. The van der Waals surface area contributed by atoms with Crippen LogP contribution in [-0.2, 0) is 10.3 Å². The van der Waals surface area contributed by atoms with Crippen molar-refractivity contribution in [3.8, 4) is 0 Å². The number of rotatable bonds is 4. The van der Waals surface area contributed by atoms with Gasteiger partial charge in [-0.3, -0.25) is 0 Å². The highest BCUT2D eigenvalue weighted by molar-refractivity contribution is 6.30. The monoisotopic (exact) mass is 311 g/mol. The molecule has 2 rings (SSSR count). The van der Waals surface area contributed by atoms with E-state index >= 15 is 0 Å². The first-order valence-electron chi connectivity index (χ1n) is 6.06. The van der Waals surface area contributed by atoms with Gasteiger partial charge in [-0.05, 0) is 37.3 Å². The maximum Gasteiger partial charge on any atom is 0.333 e. The molecule has 21 heavy (non-hydrogen) atoms. The molecule has 0 bridgehead atoms. The van der Waals surface area contributed by atoms with Crippen molar-refractivity contribution >= 4 is 23.3 Å². The lowest BCUT2D eigenvalue weighted by Gasteiger charge is -2.28. The minimum absolute atomic E-state index is 0.287. The fraction of sp³-hybridized carbons (Fsp3) is 0.133. The van der Waals surface area contributed by atoms with E-state index in [1.807, 2.05) is 0 Å². The van der Waals surface area contributed by atoms with E-state index in [0.717, 1.165) is 6.07 Å². The lowest BCUT2D eigenvalue weighted by atomic mass is 9.91. The fourth-order valence-corrected chi connectivity index (χ4v) is 2.07. The van der Waals surface area contributed by atoms with Gasteiger partial charge in [0.15, 0.2) is 17.2 Å². The first-order valence-corrected chi connectivity index (χ1v) is 6.44. The molecule has 1 unspecified atom stereocenters. The number of nitrogens with one attached hydrogen (secondary N) is 1. The molecule has 0 spiro atoms. The zero-order chi connectivity index (χ0) is 15.6. The standard InChI is InChI=1S/C15H12ClF2NO2/c1-15(14(20)21,11-3-2-4-12(17)13(11)18)19-10-7-5-9(16)6-8-10/h2-8,19H,1H3,(H,20,21). The van der Waals surface area contributed by atoms with Crippen LogP contribution >= 0.6 is 11.6 Å². The number of anilines is 1. The minimum atomic E-state index is -1.82. The van der Waals surface area contributed by atoms with Crippen molar-refractivity contribution in [1.82, 2.24) is 0 Å². The SMILES string of the molecule is CC(Nc1ccc(Cl)cc1)(C(=O)O)c1cccc(F)c1F. The average molecular weight is 312 g/mol. The molecule has 2 aromatic rings. The van der Waals surface area contributed by atoms with Crippen LogP contribution in [-0.4, -0.2) is 11.1 Å².